The number of carbonyl (C=O) groups is 3. The molecule has 156 valence electrons. The number of benzene rings is 1. The summed E-state index contributed by atoms with van der Waals surface area (Å²) in [7, 11) is 1.54. The number of unbranched alkanes of at least 4 members (excludes halogenated alkanes) is 1. The van der Waals surface area contributed by atoms with Crippen LogP contribution in [-0.4, -0.2) is 38.0 Å². The molecule has 2 aromatic rings. The smallest absolute Gasteiger partial charge is 0.341 e. The van der Waals surface area contributed by atoms with E-state index >= 15 is 0 Å². The van der Waals surface area contributed by atoms with E-state index in [1.165, 1.54) is 0 Å². The summed E-state index contributed by atoms with van der Waals surface area (Å²) in [6.07, 6.45) is 1.82. The van der Waals surface area contributed by atoms with Crippen LogP contribution in [0.5, 0.6) is 5.75 Å². The first kappa shape index (κ1) is 22.4. The SMILES string of the molecule is CCCCNC(=O)c1sc(NC(=O)c2ccc(OC)cc2)c(C(=O)OCC)c1C. The minimum absolute atomic E-state index is 0.192. The van der Waals surface area contributed by atoms with E-state index in [4.69, 9.17) is 9.47 Å². The Morgan fingerprint density at radius 3 is 2.34 bits per heavy atom. The van der Waals surface area contributed by atoms with Gasteiger partial charge in [-0.05, 0) is 50.1 Å². The van der Waals surface area contributed by atoms with Gasteiger partial charge in [-0.15, -0.1) is 11.3 Å². The number of thiophene rings is 1. The lowest BCUT2D eigenvalue weighted by molar-refractivity contribution is 0.0527. The molecule has 2 rings (SSSR count). The zero-order chi connectivity index (χ0) is 21.4. The van der Waals surface area contributed by atoms with Crippen molar-refractivity contribution in [3.8, 4) is 5.75 Å². The Kier molecular flexibility index (Phi) is 8.21. The van der Waals surface area contributed by atoms with E-state index < -0.39 is 11.9 Å². The summed E-state index contributed by atoms with van der Waals surface area (Å²) < 4.78 is 10.2. The van der Waals surface area contributed by atoms with Gasteiger partial charge in [0.1, 0.15) is 10.8 Å². The van der Waals surface area contributed by atoms with Gasteiger partial charge in [-0.1, -0.05) is 13.3 Å². The zero-order valence-corrected chi connectivity index (χ0v) is 17.9. The van der Waals surface area contributed by atoms with Gasteiger partial charge in [0.15, 0.2) is 0 Å². The maximum Gasteiger partial charge on any atom is 0.341 e. The second-order valence-electron chi connectivity index (χ2n) is 6.27. The summed E-state index contributed by atoms with van der Waals surface area (Å²) in [5.41, 5.74) is 1.10. The predicted octanol–water partition coefficient (Wildman–Crippen LogP) is 4.02. The van der Waals surface area contributed by atoms with Gasteiger partial charge in [-0.25, -0.2) is 4.79 Å². The van der Waals surface area contributed by atoms with Gasteiger partial charge in [0.2, 0.25) is 0 Å². The van der Waals surface area contributed by atoms with Crippen molar-refractivity contribution in [2.75, 3.05) is 25.6 Å². The van der Waals surface area contributed by atoms with Gasteiger partial charge < -0.3 is 20.1 Å². The lowest BCUT2D eigenvalue weighted by Gasteiger charge is -2.07. The number of hydrogen-bond donors (Lipinski definition) is 2. The number of methoxy groups -OCH3 is 1. The molecule has 2 N–H and O–H groups in total. The molecule has 0 saturated carbocycles. The highest BCUT2D eigenvalue weighted by molar-refractivity contribution is 7.18. The molecule has 0 bridgehead atoms. The summed E-state index contributed by atoms with van der Waals surface area (Å²) in [5, 5.41) is 5.88. The van der Waals surface area contributed by atoms with Crippen LogP contribution in [0, 0.1) is 6.92 Å². The first-order valence-corrected chi connectivity index (χ1v) is 10.3. The number of anilines is 1. The van der Waals surface area contributed by atoms with Gasteiger partial charge in [0.05, 0.1) is 24.2 Å². The van der Waals surface area contributed by atoms with Crippen molar-refractivity contribution < 1.29 is 23.9 Å². The lowest BCUT2D eigenvalue weighted by atomic mass is 10.1. The molecule has 1 aromatic heterocycles. The van der Waals surface area contributed by atoms with Crippen molar-refractivity contribution >= 4 is 34.1 Å². The zero-order valence-electron chi connectivity index (χ0n) is 17.1. The molecule has 1 aromatic carbocycles. The Balaban J connectivity index is 2.32. The molecule has 0 aliphatic rings. The average molecular weight is 419 g/mol. The summed E-state index contributed by atoms with van der Waals surface area (Å²) in [6, 6.07) is 6.59. The van der Waals surface area contributed by atoms with Crippen LogP contribution in [0.1, 0.15) is 62.6 Å². The molecule has 7 nitrogen and oxygen atoms in total. The van der Waals surface area contributed by atoms with E-state index in [1.807, 2.05) is 6.92 Å². The second-order valence-corrected chi connectivity index (χ2v) is 7.29. The number of hydrogen-bond acceptors (Lipinski definition) is 6. The third-order valence-corrected chi connectivity index (χ3v) is 5.43. The van der Waals surface area contributed by atoms with E-state index in [9.17, 15) is 14.4 Å². The Labute approximate surface area is 174 Å². The molecular formula is C21H26N2O5S. The summed E-state index contributed by atoms with van der Waals surface area (Å²) in [5.74, 6) is -0.598. The third-order valence-electron chi connectivity index (χ3n) is 4.23. The molecule has 0 aliphatic heterocycles. The fraction of sp³-hybridized carbons (Fsp3) is 0.381. The summed E-state index contributed by atoms with van der Waals surface area (Å²) in [6.45, 7) is 6.16. The monoisotopic (exact) mass is 418 g/mol. The van der Waals surface area contributed by atoms with Crippen molar-refractivity contribution in [2.45, 2.75) is 33.6 Å². The fourth-order valence-electron chi connectivity index (χ4n) is 2.64. The number of nitrogens with one attached hydrogen (secondary N) is 2. The Morgan fingerprint density at radius 2 is 1.76 bits per heavy atom. The maximum absolute atomic E-state index is 12.6. The van der Waals surface area contributed by atoms with E-state index in [2.05, 4.69) is 10.6 Å². The molecule has 0 spiro atoms. The van der Waals surface area contributed by atoms with Crippen molar-refractivity contribution in [3.63, 3.8) is 0 Å². The van der Waals surface area contributed by atoms with E-state index in [1.54, 1.807) is 45.2 Å². The Bertz CT molecular complexity index is 874. The van der Waals surface area contributed by atoms with Crippen molar-refractivity contribution in [2.24, 2.45) is 0 Å². The lowest BCUT2D eigenvalue weighted by Crippen LogP contribution is -2.24. The minimum atomic E-state index is -0.570. The maximum atomic E-state index is 12.6. The Morgan fingerprint density at radius 1 is 1.07 bits per heavy atom. The highest BCUT2D eigenvalue weighted by atomic mass is 32.1. The number of carbonyl (C=O) groups excluding carboxylic acids is 3. The molecule has 0 fully saturated rings. The minimum Gasteiger partial charge on any atom is -0.497 e. The van der Waals surface area contributed by atoms with E-state index in [-0.39, 0.29) is 18.1 Å². The molecule has 0 aliphatic carbocycles. The van der Waals surface area contributed by atoms with Crippen LogP contribution < -0.4 is 15.4 Å². The number of rotatable bonds is 9. The second kappa shape index (κ2) is 10.6. The van der Waals surface area contributed by atoms with E-state index in [0.29, 0.717) is 33.3 Å². The van der Waals surface area contributed by atoms with Gasteiger partial charge in [-0.3, -0.25) is 9.59 Å². The number of ether oxygens (including phenoxy) is 2. The van der Waals surface area contributed by atoms with Gasteiger partial charge in [-0.2, -0.15) is 0 Å². The van der Waals surface area contributed by atoms with Crippen molar-refractivity contribution in [1.29, 1.82) is 0 Å². The summed E-state index contributed by atoms with van der Waals surface area (Å²) >= 11 is 1.07. The van der Waals surface area contributed by atoms with Crippen LogP contribution in [0.25, 0.3) is 0 Å². The van der Waals surface area contributed by atoms with Crippen molar-refractivity contribution in [1.82, 2.24) is 5.32 Å². The molecule has 0 atom stereocenters. The Hall–Kier alpha value is -2.87. The predicted molar refractivity (Wildman–Crippen MR) is 113 cm³/mol. The molecule has 0 radical (unpaired) electrons. The normalized spacial score (nSPS) is 10.3. The number of amides is 2. The molecule has 29 heavy (non-hydrogen) atoms. The van der Waals surface area contributed by atoms with E-state index in [0.717, 1.165) is 24.2 Å². The quantitative estimate of drug-likeness (QED) is 0.474. The standard InChI is InChI=1S/C21H26N2O5S/c1-5-7-12-22-19(25)17-13(3)16(21(26)28-6-2)20(29-17)23-18(24)14-8-10-15(27-4)11-9-14/h8-11H,5-7,12H2,1-4H3,(H,22,25)(H,23,24). The summed E-state index contributed by atoms with van der Waals surface area (Å²) in [4.78, 5) is 38.0. The third kappa shape index (κ3) is 5.57. The first-order chi connectivity index (χ1) is 13.9. The molecule has 0 saturated heterocycles. The van der Waals surface area contributed by atoms with Crippen LogP contribution in [0.15, 0.2) is 24.3 Å². The van der Waals surface area contributed by atoms with Crippen LogP contribution in [0.2, 0.25) is 0 Å². The highest BCUT2D eigenvalue weighted by Crippen LogP contribution is 2.34. The topological polar surface area (TPSA) is 93.7 Å². The molecular weight excluding hydrogens is 392 g/mol. The van der Waals surface area contributed by atoms with Gasteiger partial charge >= 0.3 is 5.97 Å². The average Bonchev–Trinajstić information content (AvgIpc) is 3.04. The largest absolute Gasteiger partial charge is 0.497 e. The first-order valence-electron chi connectivity index (χ1n) is 9.46. The molecule has 8 heteroatoms. The molecule has 1 heterocycles. The van der Waals surface area contributed by atoms with Gasteiger partial charge in [0.25, 0.3) is 11.8 Å². The van der Waals surface area contributed by atoms with Gasteiger partial charge in [0, 0.05) is 12.1 Å². The molecule has 0 unspecified atom stereocenters. The van der Waals surface area contributed by atoms with Crippen LogP contribution in [0.4, 0.5) is 5.00 Å². The van der Waals surface area contributed by atoms with Crippen molar-refractivity contribution in [3.05, 3.63) is 45.8 Å². The highest BCUT2D eigenvalue weighted by Gasteiger charge is 2.26. The van der Waals surface area contributed by atoms with Crippen LogP contribution >= 0.6 is 11.3 Å². The molecule has 2 amide bonds. The van der Waals surface area contributed by atoms with Crippen LogP contribution in [0.3, 0.4) is 0 Å². The van der Waals surface area contributed by atoms with Crippen LogP contribution in [-0.2, 0) is 4.74 Å². The number of esters is 1. The fourth-order valence-corrected chi connectivity index (χ4v) is 3.75.